The van der Waals surface area contributed by atoms with Crippen LogP contribution in [0.25, 0.3) is 0 Å². The van der Waals surface area contributed by atoms with Crippen molar-refractivity contribution < 1.29 is 9.53 Å². The molecule has 0 aromatic heterocycles. The average Bonchev–Trinajstić information content (AvgIpc) is 2.58. The number of benzene rings is 2. The van der Waals surface area contributed by atoms with Crippen LogP contribution in [-0.2, 0) is 4.79 Å². The van der Waals surface area contributed by atoms with E-state index in [1.54, 1.807) is 0 Å². The van der Waals surface area contributed by atoms with Crippen LogP contribution in [-0.4, -0.2) is 12.0 Å². The predicted octanol–water partition coefficient (Wildman–Crippen LogP) is 5.26. The van der Waals surface area contributed by atoms with E-state index in [2.05, 4.69) is 45.1 Å². The molecule has 2 aromatic carbocycles. The molecule has 3 heteroatoms. The van der Waals surface area contributed by atoms with Gasteiger partial charge in [0.05, 0.1) is 6.04 Å². The summed E-state index contributed by atoms with van der Waals surface area (Å²) in [7, 11) is 0. The van der Waals surface area contributed by atoms with Crippen LogP contribution in [0.3, 0.4) is 0 Å². The van der Waals surface area contributed by atoms with Gasteiger partial charge in [-0.3, -0.25) is 4.79 Å². The van der Waals surface area contributed by atoms with Gasteiger partial charge in [0.15, 0.2) is 6.10 Å². The van der Waals surface area contributed by atoms with Crippen molar-refractivity contribution in [2.45, 2.75) is 67.0 Å². The fraction of sp³-hybridized carbons (Fsp3) is 0.435. The van der Waals surface area contributed by atoms with Crippen molar-refractivity contribution in [2.75, 3.05) is 0 Å². The molecule has 0 spiro atoms. The number of amides is 1. The van der Waals surface area contributed by atoms with Crippen molar-refractivity contribution in [3.63, 3.8) is 0 Å². The van der Waals surface area contributed by atoms with E-state index in [9.17, 15) is 4.79 Å². The molecule has 0 fully saturated rings. The highest BCUT2D eigenvalue weighted by molar-refractivity contribution is 5.81. The predicted molar refractivity (Wildman–Crippen MR) is 108 cm³/mol. The maximum Gasteiger partial charge on any atom is 0.261 e. The van der Waals surface area contributed by atoms with E-state index in [0.717, 1.165) is 16.9 Å². The molecule has 2 rings (SSSR count). The van der Waals surface area contributed by atoms with Crippen LogP contribution in [0.4, 0.5) is 0 Å². The number of carbonyl (C=O) groups excluding carboxylic acids is 1. The van der Waals surface area contributed by atoms with Gasteiger partial charge >= 0.3 is 0 Å². The van der Waals surface area contributed by atoms with Crippen LogP contribution >= 0.6 is 0 Å². The fourth-order valence-corrected chi connectivity index (χ4v) is 3.11. The summed E-state index contributed by atoms with van der Waals surface area (Å²) in [4.78, 5) is 12.7. The minimum absolute atomic E-state index is 0.0563. The lowest BCUT2D eigenvalue weighted by atomic mass is 9.96. The Bertz CT molecular complexity index is 795. The highest BCUT2D eigenvalue weighted by Gasteiger charge is 2.21. The Morgan fingerprint density at radius 3 is 2.15 bits per heavy atom. The standard InChI is InChI=1S/C23H31NO2/c1-8-22(26-20-10-9-14(2)16(4)12-20)23(25)24-19(7)21-13-17(5)15(3)11-18(21)6/h9-13,19,22H,8H2,1-7H3,(H,24,25). The molecule has 26 heavy (non-hydrogen) atoms. The van der Waals surface area contributed by atoms with Crippen LogP contribution in [0.2, 0.25) is 0 Å². The van der Waals surface area contributed by atoms with Gasteiger partial charge in [0.25, 0.3) is 5.91 Å². The molecule has 0 saturated heterocycles. The van der Waals surface area contributed by atoms with E-state index < -0.39 is 6.10 Å². The molecule has 0 saturated carbocycles. The monoisotopic (exact) mass is 353 g/mol. The molecule has 1 N–H and O–H groups in total. The topological polar surface area (TPSA) is 38.3 Å². The summed E-state index contributed by atoms with van der Waals surface area (Å²) in [6.07, 6.45) is 0.128. The van der Waals surface area contributed by atoms with Gasteiger partial charge in [0.1, 0.15) is 5.75 Å². The van der Waals surface area contributed by atoms with Crippen molar-refractivity contribution in [1.29, 1.82) is 0 Å². The number of aryl methyl sites for hydroxylation is 5. The van der Waals surface area contributed by atoms with Gasteiger partial charge in [-0.2, -0.15) is 0 Å². The SMILES string of the molecule is CCC(Oc1ccc(C)c(C)c1)C(=O)NC(C)c1cc(C)c(C)cc1C. The first-order chi connectivity index (χ1) is 12.2. The lowest BCUT2D eigenvalue weighted by molar-refractivity contribution is -0.128. The van der Waals surface area contributed by atoms with Crippen molar-refractivity contribution in [1.82, 2.24) is 5.32 Å². The average molecular weight is 354 g/mol. The molecule has 0 aliphatic carbocycles. The molecule has 0 aliphatic rings. The second-order valence-electron chi connectivity index (χ2n) is 7.28. The molecule has 2 atom stereocenters. The number of rotatable bonds is 6. The third kappa shape index (κ3) is 4.66. The zero-order chi connectivity index (χ0) is 19.4. The summed E-state index contributed by atoms with van der Waals surface area (Å²) in [5.41, 5.74) is 7.25. The molecule has 0 heterocycles. The highest BCUT2D eigenvalue weighted by atomic mass is 16.5. The molecular formula is C23H31NO2. The largest absolute Gasteiger partial charge is 0.481 e. The van der Waals surface area contributed by atoms with E-state index >= 15 is 0 Å². The molecule has 140 valence electrons. The second-order valence-corrected chi connectivity index (χ2v) is 7.28. The van der Waals surface area contributed by atoms with Gasteiger partial charge in [0.2, 0.25) is 0 Å². The van der Waals surface area contributed by atoms with E-state index in [1.165, 1.54) is 22.3 Å². The van der Waals surface area contributed by atoms with Crippen LogP contribution in [0, 0.1) is 34.6 Å². The first kappa shape index (κ1) is 20.0. The van der Waals surface area contributed by atoms with E-state index in [1.807, 2.05) is 39.0 Å². The molecule has 0 aliphatic heterocycles. The third-order valence-corrected chi connectivity index (χ3v) is 5.13. The maximum absolute atomic E-state index is 12.7. The van der Waals surface area contributed by atoms with Gasteiger partial charge in [-0.1, -0.05) is 25.1 Å². The number of nitrogens with one attached hydrogen (secondary N) is 1. The molecule has 2 unspecified atom stereocenters. The van der Waals surface area contributed by atoms with Crippen LogP contribution in [0.15, 0.2) is 30.3 Å². The Kier molecular flexibility index (Phi) is 6.47. The Morgan fingerprint density at radius 1 is 0.923 bits per heavy atom. The van der Waals surface area contributed by atoms with E-state index in [4.69, 9.17) is 4.74 Å². The number of hydrogen-bond acceptors (Lipinski definition) is 2. The zero-order valence-electron chi connectivity index (χ0n) is 17.1. The van der Waals surface area contributed by atoms with Gasteiger partial charge in [0, 0.05) is 0 Å². The van der Waals surface area contributed by atoms with E-state index in [-0.39, 0.29) is 11.9 Å². The Labute approximate surface area is 157 Å². The maximum atomic E-state index is 12.7. The quantitative estimate of drug-likeness (QED) is 0.769. The van der Waals surface area contributed by atoms with Crippen LogP contribution in [0.5, 0.6) is 5.75 Å². The summed E-state index contributed by atoms with van der Waals surface area (Å²) in [5.74, 6) is 0.668. The molecular weight excluding hydrogens is 322 g/mol. The molecule has 0 bridgehead atoms. The normalized spacial score (nSPS) is 13.2. The zero-order valence-corrected chi connectivity index (χ0v) is 17.1. The number of hydrogen-bond donors (Lipinski definition) is 1. The lowest BCUT2D eigenvalue weighted by Gasteiger charge is -2.22. The fourth-order valence-electron chi connectivity index (χ4n) is 3.11. The lowest BCUT2D eigenvalue weighted by Crippen LogP contribution is -2.39. The minimum atomic E-state index is -0.494. The summed E-state index contributed by atoms with van der Waals surface area (Å²) in [5, 5.41) is 3.12. The van der Waals surface area contributed by atoms with Gasteiger partial charge in [-0.25, -0.2) is 0 Å². The Morgan fingerprint density at radius 2 is 1.54 bits per heavy atom. The minimum Gasteiger partial charge on any atom is -0.481 e. The van der Waals surface area contributed by atoms with Gasteiger partial charge in [-0.05, 0) is 93.5 Å². The third-order valence-electron chi connectivity index (χ3n) is 5.13. The van der Waals surface area contributed by atoms with Gasteiger partial charge < -0.3 is 10.1 Å². The molecule has 3 nitrogen and oxygen atoms in total. The first-order valence-electron chi connectivity index (χ1n) is 9.35. The van der Waals surface area contributed by atoms with Crippen molar-refractivity contribution in [2.24, 2.45) is 0 Å². The van der Waals surface area contributed by atoms with Crippen LogP contribution in [0.1, 0.15) is 59.7 Å². The molecule has 1 amide bonds. The van der Waals surface area contributed by atoms with Crippen molar-refractivity contribution in [3.05, 3.63) is 63.7 Å². The van der Waals surface area contributed by atoms with Gasteiger partial charge in [-0.15, -0.1) is 0 Å². The van der Waals surface area contributed by atoms with Crippen molar-refractivity contribution in [3.8, 4) is 5.75 Å². The Hall–Kier alpha value is -2.29. The highest BCUT2D eigenvalue weighted by Crippen LogP contribution is 2.23. The van der Waals surface area contributed by atoms with E-state index in [0.29, 0.717) is 6.42 Å². The second kappa shape index (κ2) is 8.39. The summed E-state index contributed by atoms with van der Waals surface area (Å²) >= 11 is 0. The summed E-state index contributed by atoms with van der Waals surface area (Å²) < 4.78 is 5.96. The smallest absolute Gasteiger partial charge is 0.261 e. The van der Waals surface area contributed by atoms with Crippen LogP contribution < -0.4 is 10.1 Å². The molecule has 0 radical (unpaired) electrons. The molecule has 2 aromatic rings. The number of carbonyl (C=O) groups is 1. The summed E-state index contributed by atoms with van der Waals surface area (Å²) in [6, 6.07) is 10.2. The number of ether oxygens (including phenoxy) is 1. The first-order valence-corrected chi connectivity index (χ1v) is 9.35. The Balaban J connectivity index is 2.10. The van der Waals surface area contributed by atoms with Crippen molar-refractivity contribution >= 4 is 5.91 Å². The summed E-state index contributed by atoms with van der Waals surface area (Å²) in [6.45, 7) is 14.4.